The Hall–Kier alpha value is -1.06. The van der Waals surface area contributed by atoms with Crippen LogP contribution in [0.3, 0.4) is 0 Å². The second-order valence-electron chi connectivity index (χ2n) is 6.50. The molecule has 0 aromatic rings. The average Bonchev–Trinajstić information content (AvgIpc) is 2.33. The van der Waals surface area contributed by atoms with Crippen LogP contribution in [0.5, 0.6) is 0 Å². The Morgan fingerprint density at radius 1 is 1.37 bits per heavy atom. The van der Waals surface area contributed by atoms with Gasteiger partial charge in [-0.25, -0.2) is 4.79 Å². The third-order valence-electron chi connectivity index (χ3n) is 4.60. The number of carboxylic acids is 1. The molecule has 1 rings (SSSR count). The van der Waals surface area contributed by atoms with Crippen LogP contribution in [-0.4, -0.2) is 23.0 Å². The fourth-order valence-electron chi connectivity index (χ4n) is 2.92. The van der Waals surface area contributed by atoms with E-state index in [1.54, 1.807) is 0 Å². The van der Waals surface area contributed by atoms with Gasteiger partial charge in [-0.2, -0.15) is 0 Å². The van der Waals surface area contributed by atoms with Crippen LogP contribution in [0.4, 0.5) is 0 Å². The lowest BCUT2D eigenvalue weighted by Crippen LogP contribution is -2.50. The highest BCUT2D eigenvalue weighted by atomic mass is 16.4. The molecule has 110 valence electrons. The minimum atomic E-state index is -0.934. The zero-order valence-electron chi connectivity index (χ0n) is 12.5. The fourth-order valence-corrected chi connectivity index (χ4v) is 2.92. The minimum absolute atomic E-state index is 0.0269. The van der Waals surface area contributed by atoms with E-state index in [2.05, 4.69) is 19.2 Å². The number of carbonyl (C=O) groups is 2. The van der Waals surface area contributed by atoms with Crippen molar-refractivity contribution in [2.45, 2.75) is 65.8 Å². The molecule has 2 N–H and O–H groups in total. The molecule has 3 atom stereocenters. The quantitative estimate of drug-likeness (QED) is 0.806. The Morgan fingerprint density at radius 3 is 2.47 bits per heavy atom. The van der Waals surface area contributed by atoms with Gasteiger partial charge in [-0.1, -0.05) is 47.0 Å². The van der Waals surface area contributed by atoms with Gasteiger partial charge in [0.2, 0.25) is 5.91 Å². The summed E-state index contributed by atoms with van der Waals surface area (Å²) >= 11 is 0. The number of nitrogens with one attached hydrogen (secondary N) is 1. The molecule has 0 heterocycles. The van der Waals surface area contributed by atoms with Gasteiger partial charge >= 0.3 is 5.97 Å². The molecule has 19 heavy (non-hydrogen) atoms. The highest BCUT2D eigenvalue weighted by Crippen LogP contribution is 2.40. The van der Waals surface area contributed by atoms with Gasteiger partial charge < -0.3 is 10.4 Å². The summed E-state index contributed by atoms with van der Waals surface area (Å²) in [6.07, 6.45) is 4.86. The Kier molecular flexibility index (Phi) is 5.39. The fraction of sp³-hybridized carbons (Fsp3) is 0.867. The van der Waals surface area contributed by atoms with Crippen molar-refractivity contribution in [3.05, 3.63) is 0 Å². The number of hydrogen-bond acceptors (Lipinski definition) is 2. The number of carboxylic acid groups (broad SMARTS) is 1. The summed E-state index contributed by atoms with van der Waals surface area (Å²) in [6.45, 7) is 8.02. The normalized spacial score (nSPS) is 25.4. The second kappa shape index (κ2) is 6.40. The van der Waals surface area contributed by atoms with Crippen molar-refractivity contribution >= 4 is 11.9 Å². The van der Waals surface area contributed by atoms with Crippen LogP contribution in [0.1, 0.15) is 59.8 Å². The molecule has 1 amide bonds. The van der Waals surface area contributed by atoms with Gasteiger partial charge in [0.15, 0.2) is 0 Å². The topological polar surface area (TPSA) is 66.4 Å². The van der Waals surface area contributed by atoms with E-state index in [1.165, 1.54) is 0 Å². The van der Waals surface area contributed by atoms with E-state index < -0.39 is 12.0 Å². The first kappa shape index (κ1) is 16.0. The minimum Gasteiger partial charge on any atom is -0.480 e. The zero-order chi connectivity index (χ0) is 14.6. The van der Waals surface area contributed by atoms with Crippen molar-refractivity contribution in [1.29, 1.82) is 0 Å². The zero-order valence-corrected chi connectivity index (χ0v) is 12.5. The van der Waals surface area contributed by atoms with Crippen LogP contribution >= 0.6 is 0 Å². The molecule has 1 unspecified atom stereocenters. The molecular weight excluding hydrogens is 242 g/mol. The average molecular weight is 269 g/mol. The van der Waals surface area contributed by atoms with E-state index in [0.717, 1.165) is 32.1 Å². The monoisotopic (exact) mass is 269 g/mol. The van der Waals surface area contributed by atoms with Crippen LogP contribution in [0.2, 0.25) is 0 Å². The number of carbonyl (C=O) groups excluding carboxylic acids is 1. The first-order valence-corrected chi connectivity index (χ1v) is 7.32. The SMILES string of the molecule is CC[C@H](C)[C@H](NC(=O)C1CCCCC1(C)C)C(=O)O. The lowest BCUT2D eigenvalue weighted by Gasteiger charge is -2.38. The standard InChI is InChI=1S/C15H27NO3/c1-5-10(2)12(14(18)19)16-13(17)11-8-6-7-9-15(11,3)4/h10-12H,5-9H2,1-4H3,(H,16,17)(H,18,19)/t10-,11?,12-/m0/s1. The largest absolute Gasteiger partial charge is 0.480 e. The molecule has 1 saturated carbocycles. The van der Waals surface area contributed by atoms with Gasteiger partial charge in [-0.05, 0) is 24.2 Å². The molecule has 0 aromatic carbocycles. The highest BCUT2D eigenvalue weighted by Gasteiger charge is 2.38. The van der Waals surface area contributed by atoms with Crippen LogP contribution in [-0.2, 0) is 9.59 Å². The summed E-state index contributed by atoms with van der Waals surface area (Å²) in [5, 5.41) is 12.0. The summed E-state index contributed by atoms with van der Waals surface area (Å²) in [4.78, 5) is 23.6. The van der Waals surface area contributed by atoms with E-state index in [9.17, 15) is 14.7 Å². The summed E-state index contributed by atoms with van der Waals surface area (Å²) in [6, 6.07) is -0.768. The molecule has 1 fully saturated rings. The van der Waals surface area contributed by atoms with Gasteiger partial charge in [0.1, 0.15) is 6.04 Å². The van der Waals surface area contributed by atoms with Gasteiger partial charge in [0.05, 0.1) is 0 Å². The van der Waals surface area contributed by atoms with Crippen LogP contribution < -0.4 is 5.32 Å². The number of rotatable bonds is 5. The first-order valence-electron chi connectivity index (χ1n) is 7.32. The van der Waals surface area contributed by atoms with E-state index in [1.807, 2.05) is 13.8 Å². The number of amides is 1. The lowest BCUT2D eigenvalue weighted by molar-refractivity contribution is -0.145. The Labute approximate surface area is 116 Å². The molecule has 4 nitrogen and oxygen atoms in total. The molecule has 0 aliphatic heterocycles. The predicted octanol–water partition coefficient (Wildman–Crippen LogP) is 2.82. The lowest BCUT2D eigenvalue weighted by atomic mass is 9.68. The van der Waals surface area contributed by atoms with Crippen LogP contribution in [0.25, 0.3) is 0 Å². The molecular formula is C15H27NO3. The summed E-state index contributed by atoms with van der Waals surface area (Å²) in [5.74, 6) is -1.13. The van der Waals surface area contributed by atoms with Crippen molar-refractivity contribution in [1.82, 2.24) is 5.32 Å². The molecule has 0 saturated heterocycles. The summed E-state index contributed by atoms with van der Waals surface area (Å²) < 4.78 is 0. The molecule has 0 bridgehead atoms. The van der Waals surface area contributed by atoms with Gasteiger partial charge in [-0.15, -0.1) is 0 Å². The second-order valence-corrected chi connectivity index (χ2v) is 6.50. The van der Waals surface area contributed by atoms with Crippen LogP contribution in [0.15, 0.2) is 0 Å². The van der Waals surface area contributed by atoms with E-state index >= 15 is 0 Å². The number of hydrogen-bond donors (Lipinski definition) is 2. The van der Waals surface area contributed by atoms with Crippen molar-refractivity contribution in [3.8, 4) is 0 Å². The van der Waals surface area contributed by atoms with Crippen LogP contribution in [0, 0.1) is 17.3 Å². The summed E-state index contributed by atoms with van der Waals surface area (Å²) in [5.41, 5.74) is -0.0269. The molecule has 1 aliphatic carbocycles. The molecule has 0 spiro atoms. The van der Waals surface area contributed by atoms with Crippen molar-refractivity contribution in [2.24, 2.45) is 17.3 Å². The number of aliphatic carboxylic acids is 1. The van der Waals surface area contributed by atoms with Crippen molar-refractivity contribution in [3.63, 3.8) is 0 Å². The van der Waals surface area contributed by atoms with Crippen molar-refractivity contribution < 1.29 is 14.7 Å². The smallest absolute Gasteiger partial charge is 0.326 e. The van der Waals surface area contributed by atoms with Gasteiger partial charge in [0.25, 0.3) is 0 Å². The Balaban J connectivity index is 2.73. The molecule has 1 aliphatic rings. The maximum Gasteiger partial charge on any atom is 0.326 e. The van der Waals surface area contributed by atoms with Gasteiger partial charge in [-0.3, -0.25) is 4.79 Å². The maximum absolute atomic E-state index is 12.4. The first-order chi connectivity index (χ1) is 8.79. The molecule has 0 aromatic heterocycles. The van der Waals surface area contributed by atoms with E-state index in [4.69, 9.17) is 0 Å². The highest BCUT2D eigenvalue weighted by molar-refractivity contribution is 5.85. The third kappa shape index (κ3) is 3.95. The van der Waals surface area contributed by atoms with E-state index in [-0.39, 0.29) is 23.2 Å². The molecule has 0 radical (unpaired) electrons. The molecule has 4 heteroatoms. The van der Waals surface area contributed by atoms with Gasteiger partial charge in [0, 0.05) is 5.92 Å². The Bertz CT molecular complexity index is 338. The predicted molar refractivity (Wildman–Crippen MR) is 74.8 cm³/mol. The Morgan fingerprint density at radius 2 is 2.00 bits per heavy atom. The maximum atomic E-state index is 12.4. The summed E-state index contributed by atoms with van der Waals surface area (Å²) in [7, 11) is 0. The van der Waals surface area contributed by atoms with E-state index in [0.29, 0.717) is 0 Å². The third-order valence-corrected chi connectivity index (χ3v) is 4.60. The van der Waals surface area contributed by atoms with Crippen molar-refractivity contribution in [2.75, 3.05) is 0 Å².